The van der Waals surface area contributed by atoms with E-state index in [1.54, 1.807) is 12.0 Å². The Morgan fingerprint density at radius 2 is 1.69 bits per heavy atom. The lowest BCUT2D eigenvalue weighted by molar-refractivity contribution is -0.132. The topological polar surface area (TPSA) is 80.9 Å². The molecule has 0 bridgehead atoms. The van der Waals surface area contributed by atoms with Crippen molar-refractivity contribution in [2.75, 3.05) is 57.7 Å². The molecule has 0 atom stereocenters. The van der Waals surface area contributed by atoms with Gasteiger partial charge in [-0.1, -0.05) is 30.3 Å². The number of anilines is 2. The second kappa shape index (κ2) is 14.5. The van der Waals surface area contributed by atoms with E-state index in [2.05, 4.69) is 10.3 Å². The number of hydrogen-bond donors (Lipinski definition) is 2. The predicted molar refractivity (Wildman–Crippen MR) is 162 cm³/mol. The average molecular weight is 578 g/mol. The van der Waals surface area contributed by atoms with E-state index < -0.39 is 17.7 Å². The smallest absolute Gasteiger partial charge is 0.322 e. The molecule has 0 radical (unpaired) electrons. The zero-order chi connectivity index (χ0) is 30.1. The molecule has 2 N–H and O–H groups in total. The van der Waals surface area contributed by atoms with Crippen LogP contribution in [0.1, 0.15) is 17.5 Å². The number of aromatic nitrogens is 1. The molecule has 42 heavy (non-hydrogen) atoms. The number of halogens is 2. The molecule has 4 aromatic rings. The second-order valence-corrected chi connectivity index (χ2v) is 10.3. The standard InChI is InChI=1S/C32H37F2N5O3/c1-37(2)26-12-9-23(10-13-26)21-38(17-15-24-20-35-30-8-5-4-7-27(24)30)31(40)22-39(16-6-18-42-3)32(41)36-25-11-14-28(33)29(34)19-25/h4-5,7-14,19-20,35H,6,15-18,21-22H2,1-3H3,(H,36,41). The maximum atomic E-state index is 13.8. The predicted octanol–water partition coefficient (Wildman–Crippen LogP) is 5.65. The third-order valence-corrected chi connectivity index (χ3v) is 7.07. The first-order valence-corrected chi connectivity index (χ1v) is 13.8. The summed E-state index contributed by atoms with van der Waals surface area (Å²) in [6, 6.07) is 18.6. The Hall–Kier alpha value is -4.44. The summed E-state index contributed by atoms with van der Waals surface area (Å²) in [5.74, 6) is -2.31. The number of benzene rings is 3. The van der Waals surface area contributed by atoms with Crippen molar-refractivity contribution >= 4 is 34.2 Å². The third kappa shape index (κ3) is 8.07. The van der Waals surface area contributed by atoms with Gasteiger partial charge >= 0.3 is 6.03 Å². The molecule has 0 aliphatic rings. The Kier molecular flexibility index (Phi) is 10.5. The highest BCUT2D eigenvalue weighted by Crippen LogP contribution is 2.20. The number of H-pyrrole nitrogens is 1. The molecule has 8 nitrogen and oxygen atoms in total. The number of carbonyl (C=O) groups is 2. The summed E-state index contributed by atoms with van der Waals surface area (Å²) in [7, 11) is 5.50. The largest absolute Gasteiger partial charge is 0.385 e. The highest BCUT2D eigenvalue weighted by atomic mass is 19.2. The number of ether oxygens (including phenoxy) is 1. The van der Waals surface area contributed by atoms with Crippen molar-refractivity contribution in [2.45, 2.75) is 19.4 Å². The minimum atomic E-state index is -1.07. The van der Waals surface area contributed by atoms with Gasteiger partial charge < -0.3 is 29.7 Å². The lowest BCUT2D eigenvalue weighted by Crippen LogP contribution is -2.45. The lowest BCUT2D eigenvalue weighted by atomic mass is 10.1. The first-order chi connectivity index (χ1) is 20.2. The molecule has 0 unspecified atom stereocenters. The quantitative estimate of drug-likeness (QED) is 0.201. The van der Waals surface area contributed by atoms with E-state index >= 15 is 0 Å². The number of aromatic amines is 1. The summed E-state index contributed by atoms with van der Waals surface area (Å²) in [4.78, 5) is 35.4. The van der Waals surface area contributed by atoms with Crippen LogP contribution >= 0.6 is 0 Å². The second-order valence-electron chi connectivity index (χ2n) is 10.3. The van der Waals surface area contributed by atoms with Crippen LogP contribution in [-0.2, 0) is 22.5 Å². The molecular weight excluding hydrogens is 540 g/mol. The van der Waals surface area contributed by atoms with Gasteiger partial charge in [-0.3, -0.25) is 4.79 Å². The van der Waals surface area contributed by atoms with Crippen LogP contribution in [0, 0.1) is 11.6 Å². The SMILES string of the molecule is COCCCN(CC(=O)N(CCc1c[nH]c2ccccc12)Cc1ccc(N(C)C)cc1)C(=O)Nc1ccc(F)c(F)c1. The highest BCUT2D eigenvalue weighted by Gasteiger charge is 2.22. The highest BCUT2D eigenvalue weighted by molar-refractivity contribution is 5.92. The number of amides is 3. The number of fused-ring (bicyclic) bond motifs is 1. The van der Waals surface area contributed by atoms with E-state index in [4.69, 9.17) is 4.74 Å². The van der Waals surface area contributed by atoms with Crippen LogP contribution in [-0.4, -0.2) is 74.2 Å². The number of urea groups is 1. The van der Waals surface area contributed by atoms with Crippen LogP contribution in [0.5, 0.6) is 0 Å². The number of hydrogen-bond acceptors (Lipinski definition) is 4. The Balaban J connectivity index is 1.53. The summed E-state index contributed by atoms with van der Waals surface area (Å²) < 4.78 is 32.3. The van der Waals surface area contributed by atoms with E-state index in [1.165, 1.54) is 11.0 Å². The van der Waals surface area contributed by atoms with Crippen LogP contribution in [0.3, 0.4) is 0 Å². The summed E-state index contributed by atoms with van der Waals surface area (Å²) in [5, 5.41) is 3.69. The number of rotatable bonds is 13. The fraction of sp³-hybridized carbons (Fsp3) is 0.312. The molecule has 3 aromatic carbocycles. The fourth-order valence-corrected chi connectivity index (χ4v) is 4.70. The maximum Gasteiger partial charge on any atom is 0.322 e. The first kappa shape index (κ1) is 30.5. The van der Waals surface area contributed by atoms with Gasteiger partial charge in [0.05, 0.1) is 0 Å². The lowest BCUT2D eigenvalue weighted by Gasteiger charge is -2.28. The van der Waals surface area contributed by atoms with Crippen LogP contribution in [0.15, 0.2) is 72.9 Å². The molecule has 0 aliphatic carbocycles. The van der Waals surface area contributed by atoms with E-state index in [1.807, 2.05) is 73.7 Å². The van der Waals surface area contributed by atoms with Crippen LogP contribution in [0.4, 0.5) is 25.0 Å². The van der Waals surface area contributed by atoms with Crippen molar-refractivity contribution in [1.29, 1.82) is 0 Å². The van der Waals surface area contributed by atoms with Gasteiger partial charge in [-0.25, -0.2) is 13.6 Å². The maximum absolute atomic E-state index is 13.8. The molecule has 222 valence electrons. The zero-order valence-corrected chi connectivity index (χ0v) is 24.2. The molecule has 0 saturated carbocycles. The Bertz CT molecular complexity index is 1490. The molecule has 0 aliphatic heterocycles. The first-order valence-electron chi connectivity index (χ1n) is 13.8. The van der Waals surface area contributed by atoms with Crippen molar-refractivity contribution in [1.82, 2.24) is 14.8 Å². The normalized spacial score (nSPS) is 11.0. The van der Waals surface area contributed by atoms with Gasteiger partial charge in [0.15, 0.2) is 11.6 Å². The van der Waals surface area contributed by atoms with Gasteiger partial charge in [0.2, 0.25) is 5.91 Å². The Morgan fingerprint density at radius 1 is 0.929 bits per heavy atom. The van der Waals surface area contributed by atoms with E-state index in [-0.39, 0.29) is 24.7 Å². The van der Waals surface area contributed by atoms with Gasteiger partial charge in [0.25, 0.3) is 0 Å². The third-order valence-electron chi connectivity index (χ3n) is 7.07. The van der Waals surface area contributed by atoms with Gasteiger partial charge in [0.1, 0.15) is 6.54 Å². The summed E-state index contributed by atoms with van der Waals surface area (Å²) in [5.41, 5.74) is 4.24. The summed E-state index contributed by atoms with van der Waals surface area (Å²) in [6.07, 6.45) is 3.08. The van der Waals surface area contributed by atoms with E-state index in [9.17, 15) is 18.4 Å². The van der Waals surface area contributed by atoms with Crippen molar-refractivity contribution < 1.29 is 23.1 Å². The number of carbonyl (C=O) groups excluding carboxylic acids is 2. The van der Waals surface area contributed by atoms with Gasteiger partial charge in [-0.2, -0.15) is 0 Å². The minimum absolute atomic E-state index is 0.0975. The van der Waals surface area contributed by atoms with Gasteiger partial charge in [-0.15, -0.1) is 0 Å². The molecule has 0 fully saturated rings. The number of para-hydroxylation sites is 1. The summed E-state index contributed by atoms with van der Waals surface area (Å²) >= 11 is 0. The van der Waals surface area contributed by atoms with Gasteiger partial charge in [0, 0.05) is 82.0 Å². The Morgan fingerprint density at radius 3 is 2.40 bits per heavy atom. The van der Waals surface area contributed by atoms with Crippen molar-refractivity contribution in [3.8, 4) is 0 Å². The van der Waals surface area contributed by atoms with E-state index in [0.29, 0.717) is 32.5 Å². The molecule has 1 heterocycles. The molecule has 1 aromatic heterocycles. The summed E-state index contributed by atoms with van der Waals surface area (Å²) in [6.45, 7) is 1.25. The van der Waals surface area contributed by atoms with Crippen molar-refractivity contribution in [3.05, 3.63) is 95.7 Å². The van der Waals surface area contributed by atoms with Crippen molar-refractivity contribution in [2.24, 2.45) is 0 Å². The van der Waals surface area contributed by atoms with Crippen molar-refractivity contribution in [3.63, 3.8) is 0 Å². The number of methoxy groups -OCH3 is 1. The van der Waals surface area contributed by atoms with Crippen LogP contribution < -0.4 is 10.2 Å². The van der Waals surface area contributed by atoms with Crippen LogP contribution in [0.2, 0.25) is 0 Å². The fourth-order valence-electron chi connectivity index (χ4n) is 4.70. The minimum Gasteiger partial charge on any atom is -0.385 e. The number of nitrogens with zero attached hydrogens (tertiary/aromatic N) is 3. The van der Waals surface area contributed by atoms with Crippen LogP contribution in [0.25, 0.3) is 10.9 Å². The molecule has 10 heteroatoms. The average Bonchev–Trinajstić information content (AvgIpc) is 3.40. The molecule has 4 rings (SSSR count). The molecule has 3 amide bonds. The van der Waals surface area contributed by atoms with E-state index in [0.717, 1.165) is 39.8 Å². The molecular formula is C32H37F2N5O3. The molecule has 0 saturated heterocycles. The van der Waals surface area contributed by atoms with Gasteiger partial charge in [-0.05, 0) is 54.3 Å². The zero-order valence-electron chi connectivity index (χ0n) is 24.2. The number of nitrogens with one attached hydrogen (secondary N) is 2. The Labute approximate surface area is 244 Å². The monoisotopic (exact) mass is 577 g/mol. The molecule has 0 spiro atoms.